The molecule has 0 amide bonds. The van der Waals surface area contributed by atoms with E-state index in [0.29, 0.717) is 48.2 Å². The molecular weight excluding hydrogens is 829 g/mol. The van der Waals surface area contributed by atoms with Crippen LogP contribution in [0.4, 0.5) is 0 Å². The van der Waals surface area contributed by atoms with Crippen LogP contribution in [0.1, 0.15) is 47.0 Å². The van der Waals surface area contributed by atoms with E-state index < -0.39 is 60.2 Å². The lowest BCUT2D eigenvalue weighted by atomic mass is 9.84. The maximum Gasteiger partial charge on any atom is 0.499 e. The molecule has 3 unspecified atom stereocenters. The van der Waals surface area contributed by atoms with Crippen LogP contribution in [-0.4, -0.2) is 137 Å². The molecule has 0 bridgehead atoms. The second-order valence-electron chi connectivity index (χ2n) is 16.3. The van der Waals surface area contributed by atoms with Gasteiger partial charge in [0.2, 0.25) is 0 Å². The fourth-order valence-electron chi connectivity index (χ4n) is 6.49. The Morgan fingerprint density at radius 3 is 1.02 bits per heavy atom. The molecule has 14 nitrogen and oxygen atoms in total. The van der Waals surface area contributed by atoms with Gasteiger partial charge in [-0.3, -0.25) is 4.79 Å². The smallest absolute Gasteiger partial charge is 0.465 e. The number of esters is 1. The molecule has 0 aliphatic heterocycles. The van der Waals surface area contributed by atoms with Crippen LogP contribution >= 0.6 is 0 Å². The topological polar surface area (TPSA) is 137 Å². The van der Waals surface area contributed by atoms with Crippen molar-refractivity contribution in [2.24, 2.45) is 17.8 Å². The number of carbonyl (C=O) groups excluding carboxylic acids is 1. The Balaban J connectivity index is 7.22. The Bertz CT molecular complexity index is 945. The summed E-state index contributed by atoms with van der Waals surface area (Å²) in [5.74, 6) is 0.236. The van der Waals surface area contributed by atoms with Crippen molar-refractivity contribution in [2.45, 2.75) is 129 Å². The van der Waals surface area contributed by atoms with Gasteiger partial charge in [-0.25, -0.2) is 0 Å². The van der Waals surface area contributed by atoms with Crippen molar-refractivity contribution in [1.82, 2.24) is 0 Å². The molecule has 0 saturated carbocycles. The molecule has 0 aliphatic rings. The van der Waals surface area contributed by atoms with Gasteiger partial charge in [0.25, 0.3) is 0 Å². The van der Waals surface area contributed by atoms with Crippen LogP contribution in [0.25, 0.3) is 0 Å². The van der Waals surface area contributed by atoms with Crippen molar-refractivity contribution in [1.29, 1.82) is 0 Å². The molecule has 0 heterocycles. The number of hydrogen-bond donors (Lipinski definition) is 0. The molecular formula is C34H82O14Si7. The minimum Gasteiger partial charge on any atom is -0.465 e. The summed E-state index contributed by atoms with van der Waals surface area (Å²) >= 11 is 0. The summed E-state index contributed by atoms with van der Waals surface area (Å²) < 4.78 is 80.7. The van der Waals surface area contributed by atoms with Gasteiger partial charge in [0, 0.05) is 88.2 Å². The van der Waals surface area contributed by atoms with Gasteiger partial charge in [0.1, 0.15) is 0 Å². The van der Waals surface area contributed by atoms with Crippen molar-refractivity contribution >= 4 is 66.1 Å². The van der Waals surface area contributed by atoms with Crippen LogP contribution in [-0.2, 0) is 61.7 Å². The van der Waals surface area contributed by atoms with Crippen LogP contribution < -0.4 is 0 Å². The highest BCUT2D eigenvalue weighted by Gasteiger charge is 2.55. The Morgan fingerprint density at radius 2 is 0.764 bits per heavy atom. The Labute approximate surface area is 343 Å². The fourth-order valence-corrected chi connectivity index (χ4v) is 35.3. The molecule has 21 heteroatoms. The first-order chi connectivity index (χ1) is 25.5. The van der Waals surface area contributed by atoms with Crippen LogP contribution in [0.2, 0.25) is 81.6 Å². The van der Waals surface area contributed by atoms with Gasteiger partial charge < -0.3 is 56.9 Å². The lowest BCUT2D eigenvalue weighted by Gasteiger charge is -2.45. The van der Waals surface area contributed by atoms with Gasteiger partial charge >= 0.3 is 41.2 Å². The first-order valence-corrected chi connectivity index (χ1v) is 36.8. The van der Waals surface area contributed by atoms with E-state index in [9.17, 15) is 4.79 Å². The van der Waals surface area contributed by atoms with E-state index in [1.54, 1.807) is 64.0 Å². The Morgan fingerprint density at radius 1 is 0.455 bits per heavy atom. The third-order valence-corrected chi connectivity index (χ3v) is 36.1. The van der Waals surface area contributed by atoms with Crippen LogP contribution in [0.5, 0.6) is 0 Å². The predicted molar refractivity (Wildman–Crippen MR) is 233 cm³/mol. The first kappa shape index (κ1) is 55.5. The summed E-state index contributed by atoms with van der Waals surface area (Å²) in [6.07, 6.45) is 2.68. The average Bonchev–Trinajstić information content (AvgIpc) is 3.15. The molecule has 0 aromatic carbocycles. The third-order valence-electron chi connectivity index (χ3n) is 10.8. The molecule has 0 aromatic heterocycles. The number of ether oxygens (including phenoxy) is 1. The predicted octanol–water partition coefficient (Wildman–Crippen LogP) is 7.87. The maximum atomic E-state index is 13.9. The van der Waals surface area contributed by atoms with E-state index in [1.165, 1.54) is 0 Å². The fraction of sp³-hybridized carbons (Fsp3) is 0.971. The quantitative estimate of drug-likeness (QED) is 0.0467. The molecule has 0 spiro atoms. The van der Waals surface area contributed by atoms with E-state index >= 15 is 0 Å². The monoisotopic (exact) mass is 910 g/mol. The summed E-state index contributed by atoms with van der Waals surface area (Å²) in [6.45, 7) is 21.7. The van der Waals surface area contributed by atoms with Crippen molar-refractivity contribution in [2.75, 3.05) is 70.6 Å². The molecule has 0 N–H and O–H groups in total. The molecule has 330 valence electrons. The number of carbonyl (C=O) groups is 1. The molecule has 0 radical (unpaired) electrons. The van der Waals surface area contributed by atoms with Gasteiger partial charge in [-0.1, -0.05) is 40.5 Å². The minimum atomic E-state index is -3.67. The molecule has 0 aliphatic carbocycles. The first-order valence-electron chi connectivity index (χ1n) is 19.7. The largest absolute Gasteiger partial charge is 0.499 e. The van der Waals surface area contributed by atoms with Crippen LogP contribution in [0.15, 0.2) is 0 Å². The van der Waals surface area contributed by atoms with Crippen molar-refractivity contribution in [3.63, 3.8) is 0 Å². The van der Waals surface area contributed by atoms with Gasteiger partial charge in [0.05, 0.1) is 12.5 Å². The van der Waals surface area contributed by atoms with Crippen LogP contribution in [0, 0.1) is 17.8 Å². The van der Waals surface area contributed by atoms with Crippen molar-refractivity contribution < 1.29 is 61.7 Å². The summed E-state index contributed by atoms with van der Waals surface area (Å²) in [5.41, 5.74) is 0. The number of rotatable bonds is 33. The van der Waals surface area contributed by atoms with Gasteiger partial charge in [-0.15, -0.1) is 0 Å². The number of hydrogen-bond acceptors (Lipinski definition) is 14. The molecule has 0 saturated heterocycles. The zero-order valence-electron chi connectivity index (χ0n) is 38.2. The Kier molecular flexibility index (Phi) is 25.6. The standard InChI is InChI=1S/C34H82O14Si7/c1-20-31(3)30-33(32(4)21-2)34(35)45-22-23-55(46-49(14,15)24-27-52(36-5,37-6)38-7,47-50(16,17)25-28-53(39-8,40-9)41-10)48-51(18,19)26-29-54(42-11,43-12)44-13/h31-33H,20-30H2,1-19H3. The van der Waals surface area contributed by atoms with Gasteiger partial charge in [0.15, 0.2) is 25.0 Å². The lowest BCUT2D eigenvalue weighted by molar-refractivity contribution is -0.150. The van der Waals surface area contributed by atoms with E-state index in [1.807, 2.05) is 0 Å². The summed E-state index contributed by atoms with van der Waals surface area (Å²) in [5, 5.41) is 0. The average molecular weight is 912 g/mol. The second-order valence-corrected chi connectivity index (χ2v) is 42.0. The molecule has 0 aromatic rings. The van der Waals surface area contributed by atoms with E-state index in [0.717, 1.165) is 19.3 Å². The molecule has 55 heavy (non-hydrogen) atoms. The third kappa shape index (κ3) is 18.8. The Hall–Kier alpha value is 0.508. The minimum absolute atomic E-state index is 0.116. The highest BCUT2D eigenvalue weighted by Crippen LogP contribution is 2.37. The highest BCUT2D eigenvalue weighted by atomic mass is 28.5. The lowest BCUT2D eigenvalue weighted by Crippen LogP contribution is -2.63. The van der Waals surface area contributed by atoms with Crippen molar-refractivity contribution in [3.05, 3.63) is 0 Å². The zero-order chi connectivity index (χ0) is 42.8. The summed E-state index contributed by atoms with van der Waals surface area (Å²) in [6, 6.07) is 4.02. The van der Waals surface area contributed by atoms with E-state index in [2.05, 4.69) is 67.0 Å². The molecule has 3 atom stereocenters. The summed E-state index contributed by atoms with van der Waals surface area (Å²) in [4.78, 5) is 13.9. The maximum absolute atomic E-state index is 13.9. The van der Waals surface area contributed by atoms with E-state index in [-0.39, 0.29) is 24.4 Å². The summed E-state index contributed by atoms with van der Waals surface area (Å²) in [7, 11) is -5.69. The highest BCUT2D eigenvalue weighted by molar-refractivity contribution is 6.91. The van der Waals surface area contributed by atoms with Crippen LogP contribution in [0.3, 0.4) is 0 Å². The molecule has 0 fully saturated rings. The second kappa shape index (κ2) is 25.3. The van der Waals surface area contributed by atoms with E-state index in [4.69, 9.17) is 56.9 Å². The van der Waals surface area contributed by atoms with Crippen molar-refractivity contribution in [3.8, 4) is 0 Å². The molecule has 0 rings (SSSR count). The zero-order valence-corrected chi connectivity index (χ0v) is 45.2. The van der Waals surface area contributed by atoms with Gasteiger partial charge in [-0.2, -0.15) is 0 Å². The van der Waals surface area contributed by atoms with Gasteiger partial charge in [-0.05, 0) is 75.7 Å². The SMILES string of the molecule is CCC(C)CC(C(=O)OCC[Si](O[Si](C)(C)CC[Si](OC)(OC)OC)(O[Si](C)(C)CC[Si](OC)(OC)OC)O[Si](C)(C)CC[Si](OC)(OC)OC)C(C)CC. The normalized spacial score (nSPS) is 15.6.